The van der Waals surface area contributed by atoms with Crippen LogP contribution in [0, 0.1) is 5.92 Å². The van der Waals surface area contributed by atoms with Crippen LogP contribution in [0.2, 0.25) is 0 Å². The van der Waals surface area contributed by atoms with Crippen LogP contribution >= 0.6 is 0 Å². The van der Waals surface area contributed by atoms with E-state index in [9.17, 15) is 13.2 Å². The van der Waals surface area contributed by atoms with E-state index in [4.69, 9.17) is 0 Å². The molecule has 0 bridgehead atoms. The Morgan fingerprint density at radius 2 is 1.76 bits per heavy atom. The largest absolute Gasteiger partial charge is 0.356 e. The SMILES string of the molecule is CN(C)S(=O)(=O)N1CCCC(C(=O)NCCCN2CCCCCC2)C1. The van der Waals surface area contributed by atoms with Gasteiger partial charge in [0.2, 0.25) is 5.91 Å². The average Bonchev–Trinajstić information content (AvgIpc) is 2.87. The van der Waals surface area contributed by atoms with Gasteiger partial charge in [0.1, 0.15) is 0 Å². The molecule has 0 radical (unpaired) electrons. The lowest BCUT2D eigenvalue weighted by atomic mass is 9.99. The van der Waals surface area contributed by atoms with Gasteiger partial charge in [0.15, 0.2) is 0 Å². The van der Waals surface area contributed by atoms with Crippen molar-refractivity contribution >= 4 is 16.1 Å². The van der Waals surface area contributed by atoms with E-state index < -0.39 is 10.2 Å². The first-order valence-electron chi connectivity index (χ1n) is 9.59. The lowest BCUT2D eigenvalue weighted by Crippen LogP contribution is -2.49. The molecule has 0 aromatic heterocycles. The molecule has 0 aromatic rings. The Kier molecular flexibility index (Phi) is 8.12. The van der Waals surface area contributed by atoms with Crippen LogP contribution in [0.1, 0.15) is 44.9 Å². The maximum atomic E-state index is 12.4. The maximum Gasteiger partial charge on any atom is 0.281 e. The Morgan fingerprint density at radius 3 is 2.40 bits per heavy atom. The number of likely N-dealkylation sites (tertiary alicyclic amines) is 1. The van der Waals surface area contributed by atoms with Crippen LogP contribution in [-0.4, -0.2) is 81.2 Å². The molecule has 25 heavy (non-hydrogen) atoms. The number of nitrogens with zero attached hydrogens (tertiary/aromatic N) is 3. The van der Waals surface area contributed by atoms with E-state index in [1.807, 2.05) is 0 Å². The van der Waals surface area contributed by atoms with Gasteiger partial charge in [-0.3, -0.25) is 4.79 Å². The number of nitrogens with one attached hydrogen (secondary N) is 1. The van der Waals surface area contributed by atoms with Crippen LogP contribution in [0.3, 0.4) is 0 Å². The van der Waals surface area contributed by atoms with Crippen molar-refractivity contribution in [2.75, 3.05) is 53.4 Å². The van der Waals surface area contributed by atoms with Crippen molar-refractivity contribution in [3.8, 4) is 0 Å². The molecule has 1 amide bonds. The summed E-state index contributed by atoms with van der Waals surface area (Å²) in [4.78, 5) is 14.9. The third-order valence-corrected chi connectivity index (χ3v) is 7.10. The number of carbonyl (C=O) groups excluding carboxylic acids is 1. The topological polar surface area (TPSA) is 73.0 Å². The zero-order valence-electron chi connectivity index (χ0n) is 15.7. The fourth-order valence-electron chi connectivity index (χ4n) is 3.62. The minimum absolute atomic E-state index is 0.00507. The van der Waals surface area contributed by atoms with Crippen molar-refractivity contribution in [3.63, 3.8) is 0 Å². The van der Waals surface area contributed by atoms with E-state index in [-0.39, 0.29) is 11.8 Å². The summed E-state index contributed by atoms with van der Waals surface area (Å²) in [6, 6.07) is 0. The average molecular weight is 375 g/mol. The molecule has 146 valence electrons. The highest BCUT2D eigenvalue weighted by molar-refractivity contribution is 7.86. The van der Waals surface area contributed by atoms with Gasteiger partial charge in [0.05, 0.1) is 5.92 Å². The second-order valence-corrected chi connectivity index (χ2v) is 9.53. The van der Waals surface area contributed by atoms with Gasteiger partial charge in [-0.1, -0.05) is 12.8 Å². The molecule has 0 saturated carbocycles. The Balaban J connectivity index is 1.71. The van der Waals surface area contributed by atoms with Gasteiger partial charge in [-0.2, -0.15) is 17.0 Å². The Bertz CT molecular complexity index is 516. The number of amides is 1. The third kappa shape index (κ3) is 6.20. The van der Waals surface area contributed by atoms with Gasteiger partial charge in [-0.15, -0.1) is 0 Å². The molecule has 7 nitrogen and oxygen atoms in total. The van der Waals surface area contributed by atoms with Gasteiger partial charge < -0.3 is 10.2 Å². The molecule has 1 atom stereocenters. The normalized spacial score (nSPS) is 24.2. The van der Waals surface area contributed by atoms with E-state index >= 15 is 0 Å². The maximum absolute atomic E-state index is 12.4. The zero-order chi connectivity index (χ0) is 18.3. The standard InChI is InChI=1S/C17H34N4O3S/c1-19(2)25(23,24)21-14-7-9-16(15-21)17(22)18-10-8-13-20-11-5-3-4-6-12-20/h16H,3-15H2,1-2H3,(H,18,22). The van der Waals surface area contributed by atoms with E-state index in [1.54, 1.807) is 0 Å². The van der Waals surface area contributed by atoms with E-state index in [0.29, 0.717) is 19.6 Å². The molecule has 2 rings (SSSR count). The van der Waals surface area contributed by atoms with Crippen molar-refractivity contribution in [2.45, 2.75) is 44.9 Å². The minimum atomic E-state index is -3.43. The monoisotopic (exact) mass is 374 g/mol. The first kappa shape index (κ1) is 20.6. The van der Waals surface area contributed by atoms with Crippen LogP contribution < -0.4 is 5.32 Å². The quantitative estimate of drug-likeness (QED) is 0.672. The summed E-state index contributed by atoms with van der Waals surface area (Å²) in [5, 5.41) is 3.01. The highest BCUT2D eigenvalue weighted by Gasteiger charge is 2.33. The molecule has 1 unspecified atom stereocenters. The molecule has 0 aliphatic carbocycles. The van der Waals surface area contributed by atoms with Gasteiger partial charge in [-0.25, -0.2) is 0 Å². The molecule has 1 N–H and O–H groups in total. The van der Waals surface area contributed by atoms with E-state index in [0.717, 1.165) is 25.8 Å². The van der Waals surface area contributed by atoms with Gasteiger partial charge >= 0.3 is 0 Å². The van der Waals surface area contributed by atoms with Crippen LogP contribution in [0.25, 0.3) is 0 Å². The van der Waals surface area contributed by atoms with Crippen molar-refractivity contribution in [3.05, 3.63) is 0 Å². The smallest absolute Gasteiger partial charge is 0.281 e. The Labute approximate surface area is 152 Å². The van der Waals surface area contributed by atoms with Gasteiger partial charge in [0, 0.05) is 33.7 Å². The Morgan fingerprint density at radius 1 is 1.08 bits per heavy atom. The molecular weight excluding hydrogens is 340 g/mol. The number of hydrogen-bond donors (Lipinski definition) is 1. The molecule has 2 aliphatic rings. The van der Waals surface area contributed by atoms with Crippen LogP contribution in [-0.2, 0) is 15.0 Å². The van der Waals surface area contributed by atoms with Crippen LogP contribution in [0.5, 0.6) is 0 Å². The highest BCUT2D eigenvalue weighted by atomic mass is 32.2. The fraction of sp³-hybridized carbons (Fsp3) is 0.941. The molecule has 0 aromatic carbocycles. The van der Waals surface area contributed by atoms with Crippen molar-refractivity contribution in [2.24, 2.45) is 5.92 Å². The van der Waals surface area contributed by atoms with Crippen LogP contribution in [0.4, 0.5) is 0 Å². The summed E-state index contributed by atoms with van der Waals surface area (Å²) in [6.07, 6.45) is 7.69. The molecule has 0 spiro atoms. The van der Waals surface area contributed by atoms with Crippen molar-refractivity contribution < 1.29 is 13.2 Å². The predicted molar refractivity (Wildman–Crippen MR) is 99.4 cm³/mol. The Hall–Kier alpha value is -0.700. The summed E-state index contributed by atoms with van der Waals surface area (Å²) in [6.45, 7) is 4.85. The summed E-state index contributed by atoms with van der Waals surface area (Å²) in [5.74, 6) is -0.240. The second kappa shape index (κ2) is 9.85. The first-order chi connectivity index (χ1) is 11.9. The van der Waals surface area contributed by atoms with E-state index in [2.05, 4.69) is 10.2 Å². The number of hydrogen-bond acceptors (Lipinski definition) is 4. The lowest BCUT2D eigenvalue weighted by Gasteiger charge is -2.32. The fourth-order valence-corrected chi connectivity index (χ4v) is 4.81. The molecule has 2 saturated heterocycles. The lowest BCUT2D eigenvalue weighted by molar-refractivity contribution is -0.126. The molecule has 8 heteroatoms. The summed E-state index contributed by atoms with van der Waals surface area (Å²) in [7, 11) is -0.370. The third-order valence-electron chi connectivity index (χ3n) is 5.19. The number of piperidine rings is 1. The molecule has 2 aliphatic heterocycles. The highest BCUT2D eigenvalue weighted by Crippen LogP contribution is 2.20. The van der Waals surface area contributed by atoms with Crippen LogP contribution in [0.15, 0.2) is 0 Å². The first-order valence-corrected chi connectivity index (χ1v) is 11.0. The second-order valence-electron chi connectivity index (χ2n) is 7.39. The zero-order valence-corrected chi connectivity index (χ0v) is 16.6. The molecule has 2 heterocycles. The van der Waals surface area contributed by atoms with Crippen molar-refractivity contribution in [1.29, 1.82) is 0 Å². The summed E-state index contributed by atoms with van der Waals surface area (Å²) >= 11 is 0. The summed E-state index contributed by atoms with van der Waals surface area (Å²) in [5.41, 5.74) is 0. The number of rotatable bonds is 7. The van der Waals surface area contributed by atoms with Gasteiger partial charge in [-0.05, 0) is 51.7 Å². The summed E-state index contributed by atoms with van der Waals surface area (Å²) < 4.78 is 27.1. The molecule has 2 fully saturated rings. The molecular formula is C17H34N4O3S. The minimum Gasteiger partial charge on any atom is -0.356 e. The van der Waals surface area contributed by atoms with Crippen molar-refractivity contribution in [1.82, 2.24) is 18.8 Å². The number of carbonyl (C=O) groups is 1. The van der Waals surface area contributed by atoms with Gasteiger partial charge in [0.25, 0.3) is 10.2 Å². The van der Waals surface area contributed by atoms with E-state index in [1.165, 1.54) is 61.5 Å². The predicted octanol–water partition coefficient (Wildman–Crippen LogP) is 0.887.